The third kappa shape index (κ3) is 3.30. The first kappa shape index (κ1) is 21.4. The fraction of sp³-hybridized carbons (Fsp3) is 0.947. The van der Waals surface area contributed by atoms with E-state index in [1.807, 2.05) is 0 Å². The normalized spacial score (nSPS) is 40.3. The van der Waals surface area contributed by atoms with Crippen molar-refractivity contribution in [2.24, 2.45) is 23.2 Å². The Labute approximate surface area is 164 Å². The highest BCUT2D eigenvalue weighted by Gasteiger charge is 2.76. The molecule has 0 radical (unpaired) electrons. The molecule has 4 aliphatic carbocycles. The number of ether oxygens (including phenoxy) is 2. The number of aliphatic hydroxyl groups is 2. The smallest absolute Gasteiger partial charge is 0.354 e. The first-order chi connectivity index (χ1) is 13.4. The molecule has 0 aromatic carbocycles. The van der Waals surface area contributed by atoms with Crippen LogP contribution in [0.25, 0.3) is 0 Å². The lowest BCUT2D eigenvalue weighted by Gasteiger charge is -2.60. The van der Waals surface area contributed by atoms with E-state index in [9.17, 15) is 26.7 Å². The van der Waals surface area contributed by atoms with Crippen molar-refractivity contribution in [1.29, 1.82) is 0 Å². The van der Waals surface area contributed by atoms with Crippen molar-refractivity contribution in [3.63, 3.8) is 0 Å². The molecule has 1 unspecified atom stereocenters. The lowest BCUT2D eigenvalue weighted by molar-refractivity contribution is -0.407. The average molecular weight is 428 g/mol. The molecule has 0 aromatic heterocycles. The maximum absolute atomic E-state index is 14.4. The molecule has 2 N–H and O–H groups in total. The van der Waals surface area contributed by atoms with Crippen molar-refractivity contribution in [3.05, 3.63) is 0 Å². The van der Waals surface area contributed by atoms with Crippen molar-refractivity contribution in [2.45, 2.75) is 81.6 Å². The minimum Gasteiger partial charge on any atom is -0.354 e. The van der Waals surface area contributed by atoms with Crippen molar-refractivity contribution < 1.29 is 46.4 Å². The van der Waals surface area contributed by atoms with E-state index >= 15 is 0 Å². The van der Waals surface area contributed by atoms with Crippen LogP contribution in [0.15, 0.2) is 0 Å². The zero-order valence-electron chi connectivity index (χ0n) is 15.8. The highest BCUT2D eigenvalue weighted by atomic mass is 19.4. The summed E-state index contributed by atoms with van der Waals surface area (Å²) < 4.78 is 79.0. The van der Waals surface area contributed by atoms with Gasteiger partial charge in [-0.15, -0.1) is 0 Å². The molecule has 0 spiro atoms. The molecule has 166 valence electrons. The lowest BCUT2D eigenvalue weighted by atomic mass is 9.47. The van der Waals surface area contributed by atoms with Crippen molar-refractivity contribution in [2.75, 3.05) is 6.61 Å². The maximum atomic E-state index is 14.4. The Bertz CT molecular complexity index is 642. The summed E-state index contributed by atoms with van der Waals surface area (Å²) in [6, 6.07) is 0. The number of hydrogen-bond acceptors (Lipinski definition) is 5. The molecule has 3 atom stereocenters. The molecule has 1 heterocycles. The molecule has 4 saturated carbocycles. The third-order valence-electron chi connectivity index (χ3n) is 7.23. The SMILES string of the molecule is O=C(C12CC3C[C@H](C1)C(OC1CCCCO1)[C@H](C3)C2)C(F)(F)C(O)(O)C(F)(F)F. The minimum atomic E-state index is -6.06. The van der Waals surface area contributed by atoms with Crippen LogP contribution in [0.3, 0.4) is 0 Å². The molecule has 10 heteroatoms. The Balaban J connectivity index is 1.55. The summed E-state index contributed by atoms with van der Waals surface area (Å²) in [7, 11) is 0. The van der Waals surface area contributed by atoms with Gasteiger partial charge in [0.2, 0.25) is 5.78 Å². The maximum Gasteiger partial charge on any atom is 0.450 e. The average Bonchev–Trinajstić information content (AvgIpc) is 2.63. The number of halogens is 5. The quantitative estimate of drug-likeness (QED) is 0.520. The topological polar surface area (TPSA) is 76.0 Å². The number of rotatable bonds is 5. The summed E-state index contributed by atoms with van der Waals surface area (Å²) in [6.45, 7) is 0.580. The van der Waals surface area contributed by atoms with Gasteiger partial charge >= 0.3 is 17.9 Å². The number of carbonyl (C=O) groups is 1. The van der Waals surface area contributed by atoms with E-state index in [4.69, 9.17) is 19.7 Å². The molecule has 5 fully saturated rings. The zero-order chi connectivity index (χ0) is 21.2. The van der Waals surface area contributed by atoms with Crippen LogP contribution < -0.4 is 0 Å². The predicted molar refractivity (Wildman–Crippen MR) is 87.6 cm³/mol. The molecule has 1 saturated heterocycles. The van der Waals surface area contributed by atoms with Crippen LogP contribution in [0, 0.1) is 23.2 Å². The third-order valence-corrected chi connectivity index (χ3v) is 7.23. The van der Waals surface area contributed by atoms with Gasteiger partial charge in [-0.05, 0) is 69.1 Å². The zero-order valence-corrected chi connectivity index (χ0v) is 15.8. The molecule has 5 aliphatic rings. The fourth-order valence-corrected chi connectivity index (χ4v) is 6.14. The van der Waals surface area contributed by atoms with Gasteiger partial charge in [0.15, 0.2) is 6.29 Å². The second kappa shape index (κ2) is 6.83. The van der Waals surface area contributed by atoms with Crippen LogP contribution in [0.5, 0.6) is 0 Å². The highest BCUT2D eigenvalue weighted by molar-refractivity contribution is 5.92. The van der Waals surface area contributed by atoms with Gasteiger partial charge in [0.1, 0.15) is 0 Å². The summed E-state index contributed by atoms with van der Waals surface area (Å²) in [5.41, 5.74) is -1.69. The van der Waals surface area contributed by atoms with Gasteiger partial charge in [-0.1, -0.05) is 0 Å². The second-order valence-electron chi connectivity index (χ2n) is 9.22. The second-order valence-corrected chi connectivity index (χ2v) is 9.22. The summed E-state index contributed by atoms with van der Waals surface area (Å²) in [6.07, 6.45) is -2.77. The van der Waals surface area contributed by atoms with E-state index in [2.05, 4.69) is 0 Å². The monoisotopic (exact) mass is 428 g/mol. The highest BCUT2D eigenvalue weighted by Crippen LogP contribution is 2.63. The van der Waals surface area contributed by atoms with E-state index in [0.717, 1.165) is 19.3 Å². The van der Waals surface area contributed by atoms with Gasteiger partial charge < -0.3 is 19.7 Å². The van der Waals surface area contributed by atoms with Gasteiger partial charge in [0, 0.05) is 12.0 Å². The molecule has 29 heavy (non-hydrogen) atoms. The lowest BCUT2D eigenvalue weighted by Crippen LogP contribution is -2.68. The van der Waals surface area contributed by atoms with Crippen molar-refractivity contribution in [3.8, 4) is 0 Å². The molecule has 1 aliphatic heterocycles. The Morgan fingerprint density at radius 3 is 2.14 bits per heavy atom. The number of alkyl halides is 5. The molecule has 0 aromatic rings. The largest absolute Gasteiger partial charge is 0.450 e. The molecule has 5 nitrogen and oxygen atoms in total. The first-order valence-electron chi connectivity index (χ1n) is 10.1. The summed E-state index contributed by atoms with van der Waals surface area (Å²) in [5.74, 6) is -13.3. The van der Waals surface area contributed by atoms with Gasteiger partial charge in [0.05, 0.1) is 6.10 Å². The molecule has 0 amide bonds. The number of ketones is 1. The number of hydrogen-bond donors (Lipinski definition) is 2. The van der Waals surface area contributed by atoms with Crippen LogP contribution in [-0.4, -0.2) is 52.9 Å². The standard InChI is InChI=1S/C19H25F5O5/c20-17(21,18(26,27)19(22,23)24)15(25)16-7-10-5-11(8-16)14(12(6-10)9-16)29-13-3-1-2-4-28-13/h10-14,26-27H,1-9H2/t10?,11-,12-,13?,14?,16?/m1/s1. The van der Waals surface area contributed by atoms with Gasteiger partial charge in [-0.2, -0.15) is 22.0 Å². The van der Waals surface area contributed by atoms with Gasteiger partial charge in [-0.25, -0.2) is 0 Å². The van der Waals surface area contributed by atoms with E-state index in [1.54, 1.807) is 0 Å². The molecule has 5 rings (SSSR count). The van der Waals surface area contributed by atoms with E-state index < -0.39 is 29.1 Å². The molecular weight excluding hydrogens is 403 g/mol. The van der Waals surface area contributed by atoms with Crippen molar-refractivity contribution in [1.82, 2.24) is 0 Å². The summed E-state index contributed by atoms with van der Waals surface area (Å²) >= 11 is 0. The Hall–Kier alpha value is -0.840. The Morgan fingerprint density at radius 1 is 1.00 bits per heavy atom. The van der Waals surface area contributed by atoms with Gasteiger partial charge in [-0.3, -0.25) is 4.79 Å². The van der Waals surface area contributed by atoms with Crippen LogP contribution in [0.2, 0.25) is 0 Å². The minimum absolute atomic E-state index is 0.0280. The Morgan fingerprint density at radius 2 is 1.62 bits per heavy atom. The molecular formula is C19H25F5O5. The van der Waals surface area contributed by atoms with Crippen LogP contribution >= 0.6 is 0 Å². The van der Waals surface area contributed by atoms with Crippen LogP contribution in [0.1, 0.15) is 51.4 Å². The predicted octanol–water partition coefficient (Wildman–Crippen LogP) is 3.17. The number of Topliss-reactive ketones (excluding diaryl/α,β-unsaturated/α-hetero) is 1. The van der Waals surface area contributed by atoms with E-state index in [1.165, 1.54) is 0 Å². The van der Waals surface area contributed by atoms with Crippen LogP contribution in [0.4, 0.5) is 22.0 Å². The van der Waals surface area contributed by atoms with E-state index in [-0.39, 0.29) is 49.4 Å². The number of carbonyl (C=O) groups excluding carboxylic acids is 1. The van der Waals surface area contributed by atoms with Crippen molar-refractivity contribution >= 4 is 5.78 Å². The first-order valence-corrected chi connectivity index (χ1v) is 10.1. The summed E-state index contributed by atoms with van der Waals surface area (Å²) in [4.78, 5) is 12.7. The van der Waals surface area contributed by atoms with E-state index in [0.29, 0.717) is 19.4 Å². The van der Waals surface area contributed by atoms with Gasteiger partial charge in [0.25, 0.3) is 0 Å². The Kier molecular flexibility index (Phi) is 5.04. The van der Waals surface area contributed by atoms with Crippen LogP contribution in [-0.2, 0) is 14.3 Å². The summed E-state index contributed by atoms with van der Waals surface area (Å²) in [5, 5.41) is 18.3. The molecule has 4 bridgehead atoms. The fourth-order valence-electron chi connectivity index (χ4n) is 6.14.